The molecule has 1 aliphatic carbocycles. The Balaban J connectivity index is 1.95. The van der Waals surface area contributed by atoms with Gasteiger partial charge in [0.1, 0.15) is 0 Å². The normalized spacial score (nSPS) is 29.3. The van der Waals surface area contributed by atoms with E-state index in [1.807, 2.05) is 0 Å². The number of carbonyl (C=O) groups excluding carboxylic acids is 1. The smallest absolute Gasteiger partial charge is 0.237 e. The second-order valence-electron chi connectivity index (χ2n) is 5.37. The zero-order valence-corrected chi connectivity index (χ0v) is 9.88. The fourth-order valence-electron chi connectivity index (χ4n) is 2.67. The van der Waals surface area contributed by atoms with Crippen molar-refractivity contribution >= 4 is 5.91 Å². The number of nitrogens with zero attached hydrogens (tertiary/aromatic N) is 1. The maximum absolute atomic E-state index is 11.7. The first-order valence-corrected chi connectivity index (χ1v) is 6.17. The molecular formula is C12H22N2O. The second-order valence-corrected chi connectivity index (χ2v) is 5.37. The summed E-state index contributed by atoms with van der Waals surface area (Å²) in [6.45, 7) is 5.99. The van der Waals surface area contributed by atoms with Gasteiger partial charge in [0.25, 0.3) is 0 Å². The summed E-state index contributed by atoms with van der Waals surface area (Å²) in [5.41, 5.74) is 0.410. The van der Waals surface area contributed by atoms with E-state index >= 15 is 0 Å². The largest absolute Gasteiger partial charge is 0.326 e. The number of hydrogen-bond acceptors (Lipinski definition) is 2. The summed E-state index contributed by atoms with van der Waals surface area (Å²) < 4.78 is 0. The van der Waals surface area contributed by atoms with Gasteiger partial charge in [-0.05, 0) is 24.7 Å². The van der Waals surface area contributed by atoms with Gasteiger partial charge in [-0.25, -0.2) is 0 Å². The molecule has 3 heteroatoms. The SMILES string of the molecule is CCCC1NCC(=O)N1CC1(C)CCC1. The van der Waals surface area contributed by atoms with Crippen molar-refractivity contribution in [3.8, 4) is 0 Å². The second kappa shape index (κ2) is 4.12. The Bertz CT molecular complexity index is 248. The molecule has 1 unspecified atom stereocenters. The van der Waals surface area contributed by atoms with E-state index in [0.29, 0.717) is 24.0 Å². The van der Waals surface area contributed by atoms with Crippen LogP contribution in [0.2, 0.25) is 0 Å². The third-order valence-corrected chi connectivity index (χ3v) is 3.86. The van der Waals surface area contributed by atoms with E-state index in [1.54, 1.807) is 0 Å². The Labute approximate surface area is 92.2 Å². The molecule has 0 radical (unpaired) electrons. The Morgan fingerprint density at radius 1 is 1.53 bits per heavy atom. The fraction of sp³-hybridized carbons (Fsp3) is 0.917. The molecule has 2 fully saturated rings. The zero-order chi connectivity index (χ0) is 10.9. The van der Waals surface area contributed by atoms with Gasteiger partial charge in [0.15, 0.2) is 0 Å². The van der Waals surface area contributed by atoms with Crippen LogP contribution in [0.3, 0.4) is 0 Å². The predicted molar refractivity (Wildman–Crippen MR) is 60.4 cm³/mol. The number of amides is 1. The number of carbonyl (C=O) groups is 1. The van der Waals surface area contributed by atoms with Crippen molar-refractivity contribution < 1.29 is 4.79 Å². The van der Waals surface area contributed by atoms with Crippen molar-refractivity contribution in [2.24, 2.45) is 5.41 Å². The van der Waals surface area contributed by atoms with Crippen LogP contribution in [0.5, 0.6) is 0 Å². The molecule has 86 valence electrons. The minimum absolute atomic E-state index is 0.293. The van der Waals surface area contributed by atoms with Crippen molar-refractivity contribution in [2.75, 3.05) is 13.1 Å². The van der Waals surface area contributed by atoms with Gasteiger partial charge in [-0.3, -0.25) is 10.1 Å². The van der Waals surface area contributed by atoms with Gasteiger partial charge in [-0.2, -0.15) is 0 Å². The van der Waals surface area contributed by atoms with Gasteiger partial charge >= 0.3 is 0 Å². The van der Waals surface area contributed by atoms with Crippen LogP contribution in [0, 0.1) is 5.41 Å². The number of hydrogen-bond donors (Lipinski definition) is 1. The average Bonchev–Trinajstić information content (AvgIpc) is 2.48. The Kier molecular flexibility index (Phi) is 3.01. The Morgan fingerprint density at radius 2 is 2.27 bits per heavy atom. The molecule has 0 spiro atoms. The van der Waals surface area contributed by atoms with Gasteiger partial charge in [0, 0.05) is 6.54 Å². The summed E-state index contributed by atoms with van der Waals surface area (Å²) in [6, 6.07) is 0. The van der Waals surface area contributed by atoms with Crippen molar-refractivity contribution in [2.45, 2.75) is 52.1 Å². The molecule has 15 heavy (non-hydrogen) atoms. The lowest BCUT2D eigenvalue weighted by atomic mass is 9.70. The maximum Gasteiger partial charge on any atom is 0.237 e. The lowest BCUT2D eigenvalue weighted by Crippen LogP contribution is -2.46. The molecule has 1 saturated heterocycles. The molecule has 1 amide bonds. The summed E-state index contributed by atoms with van der Waals surface area (Å²) in [4.78, 5) is 13.8. The van der Waals surface area contributed by atoms with Gasteiger partial charge in [-0.15, -0.1) is 0 Å². The highest BCUT2D eigenvalue weighted by Crippen LogP contribution is 2.41. The topological polar surface area (TPSA) is 32.3 Å². The van der Waals surface area contributed by atoms with E-state index in [-0.39, 0.29) is 0 Å². The minimum atomic E-state index is 0.293. The van der Waals surface area contributed by atoms with Crippen LogP contribution in [0.4, 0.5) is 0 Å². The summed E-state index contributed by atoms with van der Waals surface area (Å²) in [7, 11) is 0. The number of nitrogens with one attached hydrogen (secondary N) is 1. The van der Waals surface area contributed by atoms with Gasteiger partial charge in [0.2, 0.25) is 5.91 Å². The fourth-order valence-corrected chi connectivity index (χ4v) is 2.67. The van der Waals surface area contributed by atoms with E-state index in [2.05, 4.69) is 24.1 Å². The lowest BCUT2D eigenvalue weighted by molar-refractivity contribution is -0.130. The standard InChI is InChI=1S/C12H22N2O/c1-3-5-10-13-8-11(15)14(10)9-12(2)6-4-7-12/h10,13H,3-9H2,1-2H3. The van der Waals surface area contributed by atoms with Crippen molar-refractivity contribution in [3.63, 3.8) is 0 Å². The highest BCUT2D eigenvalue weighted by atomic mass is 16.2. The molecule has 2 aliphatic rings. The third kappa shape index (κ3) is 2.17. The van der Waals surface area contributed by atoms with E-state index in [9.17, 15) is 4.79 Å². The molecule has 1 N–H and O–H groups in total. The van der Waals surface area contributed by atoms with Crippen LogP contribution in [-0.4, -0.2) is 30.1 Å². The highest BCUT2D eigenvalue weighted by molar-refractivity contribution is 5.80. The summed E-state index contributed by atoms with van der Waals surface area (Å²) in [5, 5.41) is 3.30. The quantitative estimate of drug-likeness (QED) is 0.766. The molecule has 1 atom stereocenters. The van der Waals surface area contributed by atoms with Crippen molar-refractivity contribution in [1.29, 1.82) is 0 Å². The predicted octanol–water partition coefficient (Wildman–Crippen LogP) is 1.73. The van der Waals surface area contributed by atoms with Gasteiger partial charge in [0.05, 0.1) is 12.7 Å². The molecule has 1 saturated carbocycles. The molecule has 1 heterocycles. The molecular weight excluding hydrogens is 188 g/mol. The van der Waals surface area contributed by atoms with Gasteiger partial charge in [-0.1, -0.05) is 26.7 Å². The summed E-state index contributed by atoms with van der Waals surface area (Å²) >= 11 is 0. The first-order chi connectivity index (χ1) is 7.14. The third-order valence-electron chi connectivity index (χ3n) is 3.86. The zero-order valence-electron chi connectivity index (χ0n) is 9.88. The molecule has 0 bridgehead atoms. The first-order valence-electron chi connectivity index (χ1n) is 6.17. The summed E-state index contributed by atoms with van der Waals surface area (Å²) in [5.74, 6) is 0.293. The molecule has 2 rings (SSSR count). The molecule has 0 aromatic rings. The van der Waals surface area contributed by atoms with E-state index in [4.69, 9.17) is 0 Å². The minimum Gasteiger partial charge on any atom is -0.326 e. The average molecular weight is 210 g/mol. The van der Waals surface area contributed by atoms with Crippen LogP contribution < -0.4 is 5.32 Å². The van der Waals surface area contributed by atoms with Crippen molar-refractivity contribution in [3.05, 3.63) is 0 Å². The monoisotopic (exact) mass is 210 g/mol. The van der Waals surface area contributed by atoms with Crippen LogP contribution in [-0.2, 0) is 4.79 Å². The molecule has 0 aromatic carbocycles. The van der Waals surface area contributed by atoms with Crippen LogP contribution in [0.1, 0.15) is 46.0 Å². The summed E-state index contributed by atoms with van der Waals surface area (Å²) in [6.07, 6.45) is 6.44. The molecule has 0 aromatic heterocycles. The van der Waals surface area contributed by atoms with Gasteiger partial charge < -0.3 is 4.90 Å². The molecule has 1 aliphatic heterocycles. The Hall–Kier alpha value is -0.570. The first kappa shape index (κ1) is 10.9. The lowest BCUT2D eigenvalue weighted by Gasteiger charge is -2.42. The van der Waals surface area contributed by atoms with Crippen LogP contribution in [0.25, 0.3) is 0 Å². The van der Waals surface area contributed by atoms with E-state index in [0.717, 1.165) is 19.4 Å². The van der Waals surface area contributed by atoms with E-state index < -0.39 is 0 Å². The van der Waals surface area contributed by atoms with Crippen molar-refractivity contribution in [1.82, 2.24) is 10.2 Å². The highest BCUT2D eigenvalue weighted by Gasteiger charge is 2.39. The van der Waals surface area contributed by atoms with Crippen LogP contribution >= 0.6 is 0 Å². The number of rotatable bonds is 4. The Morgan fingerprint density at radius 3 is 2.80 bits per heavy atom. The van der Waals surface area contributed by atoms with E-state index in [1.165, 1.54) is 19.3 Å². The molecule has 3 nitrogen and oxygen atoms in total. The van der Waals surface area contributed by atoms with Crippen LogP contribution in [0.15, 0.2) is 0 Å². The maximum atomic E-state index is 11.7.